The second-order valence-electron chi connectivity index (χ2n) is 9.12. The molecule has 1 saturated carbocycles. The van der Waals surface area contributed by atoms with Crippen LogP contribution in [0.15, 0.2) is 72.8 Å². The van der Waals surface area contributed by atoms with Gasteiger partial charge in [0.2, 0.25) is 5.91 Å². The van der Waals surface area contributed by atoms with E-state index in [1.807, 2.05) is 74.5 Å². The van der Waals surface area contributed by atoms with E-state index in [9.17, 15) is 9.59 Å². The lowest BCUT2D eigenvalue weighted by Gasteiger charge is -2.43. The van der Waals surface area contributed by atoms with Crippen LogP contribution in [0.3, 0.4) is 0 Å². The van der Waals surface area contributed by atoms with Crippen molar-refractivity contribution in [2.45, 2.75) is 51.5 Å². The summed E-state index contributed by atoms with van der Waals surface area (Å²) in [5.74, 6) is -0.204. The normalized spacial score (nSPS) is 15.0. The van der Waals surface area contributed by atoms with E-state index in [2.05, 4.69) is 17.4 Å². The van der Waals surface area contributed by atoms with Crippen LogP contribution < -0.4 is 5.32 Å². The fraction of sp³-hybridized carbons (Fsp3) is 0.310. The Morgan fingerprint density at radius 3 is 1.94 bits per heavy atom. The Balaban J connectivity index is 1.60. The molecule has 33 heavy (non-hydrogen) atoms. The Hall–Kier alpha value is -3.40. The highest BCUT2D eigenvalue weighted by Gasteiger charge is 2.45. The number of anilines is 1. The summed E-state index contributed by atoms with van der Waals surface area (Å²) in [5.41, 5.74) is 4.83. The van der Waals surface area contributed by atoms with Crippen LogP contribution >= 0.6 is 0 Å². The summed E-state index contributed by atoms with van der Waals surface area (Å²) in [5, 5.41) is 3.17. The summed E-state index contributed by atoms with van der Waals surface area (Å²) in [6.07, 6.45) is 4.31. The maximum absolute atomic E-state index is 13.7. The number of rotatable bonds is 5. The Morgan fingerprint density at radius 1 is 0.758 bits per heavy atom. The smallest absolute Gasteiger partial charge is 0.254 e. The molecule has 0 bridgehead atoms. The van der Waals surface area contributed by atoms with E-state index in [0.717, 1.165) is 47.2 Å². The van der Waals surface area contributed by atoms with Crippen molar-refractivity contribution in [2.24, 2.45) is 0 Å². The maximum atomic E-state index is 13.7. The van der Waals surface area contributed by atoms with E-state index in [0.29, 0.717) is 18.4 Å². The lowest BCUT2D eigenvalue weighted by Crippen LogP contribution is -2.58. The number of para-hydroxylation sites is 1. The first-order valence-electron chi connectivity index (χ1n) is 11.7. The maximum Gasteiger partial charge on any atom is 0.254 e. The van der Waals surface area contributed by atoms with E-state index < -0.39 is 5.54 Å². The molecule has 0 unspecified atom stereocenters. The van der Waals surface area contributed by atoms with Gasteiger partial charge < -0.3 is 10.2 Å². The molecule has 0 saturated heterocycles. The Morgan fingerprint density at radius 2 is 1.33 bits per heavy atom. The zero-order valence-corrected chi connectivity index (χ0v) is 19.7. The van der Waals surface area contributed by atoms with E-state index in [-0.39, 0.29) is 11.8 Å². The Kier molecular flexibility index (Phi) is 6.64. The van der Waals surface area contributed by atoms with Crippen molar-refractivity contribution in [1.29, 1.82) is 0 Å². The quantitative estimate of drug-likeness (QED) is 0.500. The van der Waals surface area contributed by atoms with Crippen molar-refractivity contribution >= 4 is 17.5 Å². The molecule has 4 heteroatoms. The third-order valence-electron chi connectivity index (χ3n) is 7.01. The zero-order valence-electron chi connectivity index (χ0n) is 19.7. The number of benzene rings is 3. The number of carbonyl (C=O) groups excluding carboxylic acids is 2. The van der Waals surface area contributed by atoms with E-state index >= 15 is 0 Å². The van der Waals surface area contributed by atoms with Crippen molar-refractivity contribution in [3.05, 3.63) is 89.5 Å². The van der Waals surface area contributed by atoms with Crippen LogP contribution in [-0.2, 0) is 4.79 Å². The number of carbonyl (C=O) groups is 2. The fourth-order valence-corrected chi connectivity index (χ4v) is 4.92. The monoisotopic (exact) mass is 440 g/mol. The number of likely N-dealkylation sites (N-methyl/N-ethyl adjacent to an activating group) is 1. The molecule has 0 aromatic heterocycles. The molecule has 1 fully saturated rings. The first kappa shape index (κ1) is 22.8. The van der Waals surface area contributed by atoms with Crippen molar-refractivity contribution in [1.82, 2.24) is 4.90 Å². The lowest BCUT2D eigenvalue weighted by atomic mass is 9.79. The van der Waals surface area contributed by atoms with Crippen LogP contribution in [0, 0.1) is 13.8 Å². The van der Waals surface area contributed by atoms with Gasteiger partial charge in [-0.15, -0.1) is 0 Å². The Bertz CT molecular complexity index is 1110. The zero-order chi connectivity index (χ0) is 23.4. The van der Waals surface area contributed by atoms with Crippen LogP contribution in [0.5, 0.6) is 0 Å². The third kappa shape index (κ3) is 4.56. The second kappa shape index (κ2) is 9.62. The predicted octanol–water partition coefficient (Wildman–Crippen LogP) is 6.38. The molecule has 4 nitrogen and oxygen atoms in total. The fourth-order valence-electron chi connectivity index (χ4n) is 4.92. The summed E-state index contributed by atoms with van der Waals surface area (Å²) < 4.78 is 0. The molecule has 0 heterocycles. The number of amides is 2. The largest absolute Gasteiger partial charge is 0.327 e. The van der Waals surface area contributed by atoms with Crippen LogP contribution in [0.25, 0.3) is 11.1 Å². The number of nitrogens with zero attached hydrogens (tertiary/aromatic N) is 1. The topological polar surface area (TPSA) is 49.4 Å². The molecule has 170 valence electrons. The molecule has 2 amide bonds. The molecule has 0 spiro atoms. The highest BCUT2D eigenvalue weighted by Crippen LogP contribution is 2.36. The van der Waals surface area contributed by atoms with Gasteiger partial charge >= 0.3 is 0 Å². The molecular formula is C29H32N2O2. The average Bonchev–Trinajstić information content (AvgIpc) is 2.86. The molecule has 3 aromatic rings. The Labute approximate surface area is 196 Å². The molecular weight excluding hydrogens is 408 g/mol. The summed E-state index contributed by atoms with van der Waals surface area (Å²) in [6, 6.07) is 23.8. The van der Waals surface area contributed by atoms with Gasteiger partial charge in [0.1, 0.15) is 5.54 Å². The molecule has 1 aliphatic rings. The highest BCUT2D eigenvalue weighted by molar-refractivity contribution is 6.04. The number of hydrogen-bond donors (Lipinski definition) is 1. The van der Waals surface area contributed by atoms with Crippen LogP contribution in [0.4, 0.5) is 5.69 Å². The van der Waals surface area contributed by atoms with Crippen molar-refractivity contribution < 1.29 is 9.59 Å². The summed E-state index contributed by atoms with van der Waals surface area (Å²) >= 11 is 0. The predicted molar refractivity (Wildman–Crippen MR) is 134 cm³/mol. The number of hydrogen-bond acceptors (Lipinski definition) is 2. The number of aryl methyl sites for hydroxylation is 2. The average molecular weight is 441 g/mol. The molecule has 0 atom stereocenters. The van der Waals surface area contributed by atoms with E-state index in [1.165, 1.54) is 0 Å². The van der Waals surface area contributed by atoms with Crippen LogP contribution in [0.2, 0.25) is 0 Å². The molecule has 0 aliphatic heterocycles. The SMILES string of the molecule is Cc1cccc(C)c1NC(=O)C1(N(C)C(=O)c2ccc(-c3ccccc3)cc2)CCCCC1. The minimum absolute atomic E-state index is 0.0867. The van der Waals surface area contributed by atoms with Gasteiger partial charge in [-0.05, 0) is 61.1 Å². The summed E-state index contributed by atoms with van der Waals surface area (Å²) in [6.45, 7) is 4.00. The highest BCUT2D eigenvalue weighted by atomic mass is 16.2. The third-order valence-corrected chi connectivity index (χ3v) is 7.01. The minimum Gasteiger partial charge on any atom is -0.327 e. The van der Waals surface area contributed by atoms with Crippen molar-refractivity contribution in [3.8, 4) is 11.1 Å². The first-order chi connectivity index (χ1) is 15.9. The van der Waals surface area contributed by atoms with Gasteiger partial charge in [-0.25, -0.2) is 0 Å². The second-order valence-corrected chi connectivity index (χ2v) is 9.12. The molecule has 3 aromatic carbocycles. The van der Waals surface area contributed by atoms with E-state index in [4.69, 9.17) is 0 Å². The summed E-state index contributed by atoms with van der Waals surface area (Å²) in [4.78, 5) is 28.9. The summed E-state index contributed by atoms with van der Waals surface area (Å²) in [7, 11) is 1.78. The molecule has 4 rings (SSSR count). The van der Waals surface area contributed by atoms with E-state index in [1.54, 1.807) is 11.9 Å². The van der Waals surface area contributed by atoms with Gasteiger partial charge in [-0.3, -0.25) is 9.59 Å². The van der Waals surface area contributed by atoms with Crippen LogP contribution in [0.1, 0.15) is 53.6 Å². The van der Waals surface area contributed by atoms with Crippen molar-refractivity contribution in [2.75, 3.05) is 12.4 Å². The molecule has 0 radical (unpaired) electrons. The van der Waals surface area contributed by atoms with Gasteiger partial charge in [-0.2, -0.15) is 0 Å². The standard InChI is InChI=1S/C29H32N2O2/c1-21-11-10-12-22(2)26(21)30-28(33)29(19-8-5-9-20-29)31(3)27(32)25-17-15-24(16-18-25)23-13-6-4-7-14-23/h4,6-7,10-18H,5,8-9,19-20H2,1-3H3,(H,30,33). The van der Waals surface area contributed by atoms with Crippen molar-refractivity contribution in [3.63, 3.8) is 0 Å². The minimum atomic E-state index is -0.845. The van der Waals surface area contributed by atoms with Gasteiger partial charge in [0.05, 0.1) is 0 Å². The number of nitrogens with one attached hydrogen (secondary N) is 1. The van der Waals surface area contributed by atoms with Crippen LogP contribution in [-0.4, -0.2) is 29.3 Å². The van der Waals surface area contributed by atoms with Gasteiger partial charge in [0.25, 0.3) is 5.91 Å². The van der Waals surface area contributed by atoms with Gasteiger partial charge in [0.15, 0.2) is 0 Å². The van der Waals surface area contributed by atoms with Gasteiger partial charge in [0, 0.05) is 18.3 Å². The first-order valence-corrected chi connectivity index (χ1v) is 11.7. The van der Waals surface area contributed by atoms with Gasteiger partial charge in [-0.1, -0.05) is 79.9 Å². The lowest BCUT2D eigenvalue weighted by molar-refractivity contribution is -0.128. The molecule has 1 N–H and O–H groups in total. The molecule has 1 aliphatic carbocycles.